The molecule has 2 amide bonds. The number of aryl methyl sites for hydroxylation is 1. The van der Waals surface area contributed by atoms with Crippen molar-refractivity contribution in [2.45, 2.75) is 49.7 Å². The first-order valence-electron chi connectivity index (χ1n) is 11.1. The lowest BCUT2D eigenvalue weighted by Gasteiger charge is -2.14. The first-order valence-corrected chi connectivity index (χ1v) is 12.5. The number of carboxylic acid groups (broad SMARTS) is 1. The van der Waals surface area contributed by atoms with Crippen molar-refractivity contribution in [3.63, 3.8) is 0 Å². The molecule has 2 unspecified atom stereocenters. The third kappa shape index (κ3) is 5.01. The maximum atomic E-state index is 13.5. The van der Waals surface area contributed by atoms with E-state index in [2.05, 4.69) is 10.6 Å². The SMILES string of the molecule is CCCCNC(=O)Nc1ccc(S(=O)(=O)n2cc(CCC(=O)O)c3c2=CC2OCOC2C=3)cc1. The fourth-order valence-electron chi connectivity index (χ4n) is 3.93. The molecule has 2 aromatic rings. The number of carboxylic acids is 1. The van der Waals surface area contributed by atoms with Crippen LogP contribution in [0.25, 0.3) is 12.2 Å². The number of unbranched alkanes of at least 4 members (excludes halogenated alkanes) is 1. The van der Waals surface area contributed by atoms with Crippen LogP contribution in [0.15, 0.2) is 35.4 Å². The molecule has 2 atom stereocenters. The van der Waals surface area contributed by atoms with Crippen LogP contribution in [-0.4, -0.2) is 55.0 Å². The smallest absolute Gasteiger partial charge is 0.319 e. The van der Waals surface area contributed by atoms with E-state index in [1.165, 1.54) is 30.5 Å². The highest BCUT2D eigenvalue weighted by Gasteiger charge is 2.31. The summed E-state index contributed by atoms with van der Waals surface area (Å²) in [5.41, 5.74) is 1.07. The van der Waals surface area contributed by atoms with Gasteiger partial charge in [-0.25, -0.2) is 17.2 Å². The van der Waals surface area contributed by atoms with Crippen LogP contribution >= 0.6 is 0 Å². The molecule has 1 fully saturated rings. The summed E-state index contributed by atoms with van der Waals surface area (Å²) in [6.07, 6.45) is 6.08. The fourth-order valence-corrected chi connectivity index (χ4v) is 5.32. The number of carbonyl (C=O) groups is 2. The van der Waals surface area contributed by atoms with Gasteiger partial charge in [0.25, 0.3) is 10.0 Å². The molecule has 11 heteroatoms. The Kier molecular flexibility index (Phi) is 7.05. The summed E-state index contributed by atoms with van der Waals surface area (Å²) < 4.78 is 39.2. The van der Waals surface area contributed by atoms with Gasteiger partial charge in [0.05, 0.1) is 10.2 Å². The van der Waals surface area contributed by atoms with E-state index in [1.807, 2.05) is 6.92 Å². The highest BCUT2D eigenvalue weighted by Crippen LogP contribution is 2.20. The lowest BCUT2D eigenvalue weighted by atomic mass is 10.0. The minimum atomic E-state index is -4.00. The van der Waals surface area contributed by atoms with Gasteiger partial charge in [-0.05, 0) is 54.8 Å². The summed E-state index contributed by atoms with van der Waals surface area (Å²) in [5, 5.41) is 15.6. The molecule has 0 radical (unpaired) electrons. The van der Waals surface area contributed by atoms with Gasteiger partial charge < -0.3 is 25.2 Å². The summed E-state index contributed by atoms with van der Waals surface area (Å²) in [4.78, 5) is 23.1. The number of fused-ring (bicyclic) bond motifs is 2. The number of aliphatic carboxylic acids is 1. The molecule has 2 heterocycles. The van der Waals surface area contributed by atoms with Crippen LogP contribution in [0.2, 0.25) is 0 Å². The minimum Gasteiger partial charge on any atom is -0.481 e. The molecule has 10 nitrogen and oxygen atoms in total. The first-order chi connectivity index (χ1) is 16.3. The maximum absolute atomic E-state index is 13.5. The number of hydrogen-bond donors (Lipinski definition) is 3. The average molecular weight is 490 g/mol. The van der Waals surface area contributed by atoms with E-state index in [9.17, 15) is 18.0 Å². The molecule has 0 bridgehead atoms. The van der Waals surface area contributed by atoms with Crippen LogP contribution in [-0.2, 0) is 30.7 Å². The number of hydrogen-bond acceptors (Lipinski definition) is 6. The summed E-state index contributed by atoms with van der Waals surface area (Å²) in [5.74, 6) is -0.968. The Morgan fingerprint density at radius 1 is 1.15 bits per heavy atom. The van der Waals surface area contributed by atoms with E-state index in [1.54, 1.807) is 12.2 Å². The van der Waals surface area contributed by atoms with E-state index >= 15 is 0 Å². The van der Waals surface area contributed by atoms with E-state index < -0.39 is 22.1 Å². The molecule has 0 saturated carbocycles. The second-order valence-electron chi connectivity index (χ2n) is 8.12. The van der Waals surface area contributed by atoms with Crippen molar-refractivity contribution in [2.75, 3.05) is 18.7 Å². The van der Waals surface area contributed by atoms with Crippen LogP contribution in [0.4, 0.5) is 10.5 Å². The van der Waals surface area contributed by atoms with Crippen molar-refractivity contribution >= 4 is 39.9 Å². The topological polar surface area (TPSA) is 136 Å². The van der Waals surface area contributed by atoms with Gasteiger partial charge in [0.1, 0.15) is 19.0 Å². The second kappa shape index (κ2) is 10.00. The summed E-state index contributed by atoms with van der Waals surface area (Å²) >= 11 is 0. The van der Waals surface area contributed by atoms with Crippen molar-refractivity contribution in [3.8, 4) is 0 Å². The van der Waals surface area contributed by atoms with Crippen LogP contribution in [0.1, 0.15) is 31.7 Å². The summed E-state index contributed by atoms with van der Waals surface area (Å²) in [7, 11) is -4.00. The standard InChI is InChI=1S/C23H27N3O7S/c1-2-3-10-24-23(29)25-16-5-7-17(8-6-16)34(30,31)26-13-15(4-9-22(27)28)18-11-20-21(12-19(18)26)33-14-32-20/h5-8,11-13,20-21H,2-4,9-10,14H2,1H3,(H,27,28)(H2,24,25,29). The van der Waals surface area contributed by atoms with E-state index in [0.717, 1.165) is 16.8 Å². The van der Waals surface area contributed by atoms with E-state index in [4.69, 9.17) is 14.6 Å². The van der Waals surface area contributed by atoms with Crippen molar-refractivity contribution in [1.82, 2.24) is 9.29 Å². The number of amides is 2. The molecule has 182 valence electrons. The quantitative estimate of drug-likeness (QED) is 0.447. The monoisotopic (exact) mass is 489 g/mol. The third-order valence-corrected chi connectivity index (χ3v) is 7.41. The predicted octanol–water partition coefficient (Wildman–Crippen LogP) is 0.980. The predicted molar refractivity (Wildman–Crippen MR) is 124 cm³/mol. The van der Waals surface area contributed by atoms with Gasteiger partial charge in [-0.3, -0.25) is 4.79 Å². The molecule has 1 aromatic carbocycles. The Labute approximate surface area is 196 Å². The van der Waals surface area contributed by atoms with Gasteiger partial charge in [-0.15, -0.1) is 0 Å². The van der Waals surface area contributed by atoms with Gasteiger partial charge in [0.15, 0.2) is 0 Å². The Bertz CT molecular complexity index is 1300. The molecular weight excluding hydrogens is 462 g/mol. The van der Waals surface area contributed by atoms with Crippen LogP contribution in [0.5, 0.6) is 0 Å². The van der Waals surface area contributed by atoms with Crippen molar-refractivity contribution in [2.24, 2.45) is 0 Å². The number of aromatic nitrogens is 1. The van der Waals surface area contributed by atoms with Gasteiger partial charge in [0.2, 0.25) is 0 Å². The highest BCUT2D eigenvalue weighted by atomic mass is 32.2. The number of rotatable bonds is 9. The largest absolute Gasteiger partial charge is 0.481 e. The first kappa shape index (κ1) is 24.0. The maximum Gasteiger partial charge on any atom is 0.319 e. The third-order valence-electron chi connectivity index (χ3n) is 5.72. The normalized spacial score (nSPS) is 18.9. The zero-order valence-electron chi connectivity index (χ0n) is 18.7. The van der Waals surface area contributed by atoms with Gasteiger partial charge >= 0.3 is 12.0 Å². The fraction of sp³-hybridized carbons (Fsp3) is 0.391. The lowest BCUT2D eigenvalue weighted by Crippen LogP contribution is -2.41. The number of nitrogens with zero attached hydrogens (tertiary/aromatic N) is 1. The van der Waals surface area contributed by atoms with Gasteiger partial charge in [0, 0.05) is 30.1 Å². The minimum absolute atomic E-state index is 0.0335. The zero-order chi connectivity index (χ0) is 24.3. The Hall–Kier alpha value is -3.15. The van der Waals surface area contributed by atoms with E-state index in [0.29, 0.717) is 28.4 Å². The number of ether oxygens (including phenoxy) is 2. The molecule has 4 rings (SSSR count). The molecule has 1 saturated heterocycles. The molecule has 1 aliphatic heterocycles. The summed E-state index contributed by atoms with van der Waals surface area (Å²) in [6, 6.07) is 5.53. The zero-order valence-corrected chi connectivity index (χ0v) is 19.5. The van der Waals surface area contributed by atoms with E-state index in [-0.39, 0.29) is 36.7 Å². The number of nitrogens with one attached hydrogen (secondary N) is 2. The molecule has 2 aliphatic rings. The number of carbonyl (C=O) groups excluding carboxylic acids is 1. The van der Waals surface area contributed by atoms with Crippen molar-refractivity contribution in [1.29, 1.82) is 0 Å². The number of urea groups is 1. The molecule has 3 N–H and O–H groups in total. The van der Waals surface area contributed by atoms with Gasteiger partial charge in [-0.2, -0.15) is 0 Å². The number of anilines is 1. The molecule has 0 spiro atoms. The van der Waals surface area contributed by atoms with Crippen molar-refractivity contribution < 1.29 is 32.6 Å². The molecule has 1 aromatic heterocycles. The molecule has 34 heavy (non-hydrogen) atoms. The Morgan fingerprint density at radius 3 is 2.53 bits per heavy atom. The molecule has 1 aliphatic carbocycles. The van der Waals surface area contributed by atoms with Crippen molar-refractivity contribution in [3.05, 3.63) is 46.6 Å². The van der Waals surface area contributed by atoms with Crippen LogP contribution in [0.3, 0.4) is 0 Å². The molecular formula is C23H27N3O7S. The summed E-state index contributed by atoms with van der Waals surface area (Å²) in [6.45, 7) is 2.69. The second-order valence-corrected chi connectivity index (χ2v) is 9.94. The average Bonchev–Trinajstić information content (AvgIpc) is 3.41. The Balaban J connectivity index is 1.64. The lowest BCUT2D eigenvalue weighted by molar-refractivity contribution is -0.136. The number of benzene rings is 1. The van der Waals surface area contributed by atoms with Crippen LogP contribution in [0, 0.1) is 0 Å². The van der Waals surface area contributed by atoms with Crippen LogP contribution < -0.4 is 21.2 Å². The van der Waals surface area contributed by atoms with Gasteiger partial charge in [-0.1, -0.05) is 13.3 Å². The Morgan fingerprint density at radius 2 is 1.85 bits per heavy atom. The highest BCUT2D eigenvalue weighted by molar-refractivity contribution is 7.90.